The van der Waals surface area contributed by atoms with Gasteiger partial charge in [0.15, 0.2) is 0 Å². The van der Waals surface area contributed by atoms with Gasteiger partial charge in [-0.3, -0.25) is 25.1 Å². The Balaban J connectivity index is 2.22. The van der Waals surface area contributed by atoms with Crippen LogP contribution in [0.5, 0.6) is 0 Å². The summed E-state index contributed by atoms with van der Waals surface area (Å²) in [6, 6.07) is 7.63. The first-order chi connectivity index (χ1) is 9.82. The topological polar surface area (TPSA) is 89.5 Å². The van der Waals surface area contributed by atoms with Crippen LogP contribution in [0.1, 0.15) is 19.4 Å². The van der Waals surface area contributed by atoms with Crippen LogP contribution < -0.4 is 0 Å². The molecule has 0 bridgehead atoms. The first-order valence-electron chi connectivity index (χ1n) is 6.85. The first-order valence-corrected chi connectivity index (χ1v) is 6.85. The molecule has 114 valence electrons. The fraction of sp³-hybridized carbons (Fsp3) is 0.571. The van der Waals surface area contributed by atoms with Crippen LogP contribution in [-0.4, -0.2) is 39.9 Å². The van der Waals surface area contributed by atoms with Crippen LogP contribution in [-0.2, 0) is 6.54 Å². The van der Waals surface area contributed by atoms with Crippen molar-refractivity contribution in [2.75, 3.05) is 13.1 Å². The van der Waals surface area contributed by atoms with Crippen molar-refractivity contribution in [1.82, 2.24) is 4.90 Å². The second-order valence-corrected chi connectivity index (χ2v) is 6.10. The number of benzene rings is 1. The number of nitrogens with zero attached hydrogens (tertiary/aromatic N) is 3. The second-order valence-electron chi connectivity index (χ2n) is 6.10. The van der Waals surface area contributed by atoms with Crippen molar-refractivity contribution in [1.29, 1.82) is 0 Å². The molecule has 0 amide bonds. The zero-order chi connectivity index (χ0) is 15.6. The molecule has 1 aliphatic heterocycles. The van der Waals surface area contributed by atoms with Crippen molar-refractivity contribution in [3.8, 4) is 0 Å². The normalized spacial score (nSPS) is 25.4. The molecule has 1 fully saturated rings. The van der Waals surface area contributed by atoms with Gasteiger partial charge < -0.3 is 0 Å². The monoisotopic (exact) mass is 293 g/mol. The highest BCUT2D eigenvalue weighted by molar-refractivity contribution is 5.14. The van der Waals surface area contributed by atoms with E-state index < -0.39 is 17.5 Å². The summed E-state index contributed by atoms with van der Waals surface area (Å²) in [5, 5.41) is 22.6. The van der Waals surface area contributed by atoms with Gasteiger partial charge in [-0.1, -0.05) is 30.3 Å². The van der Waals surface area contributed by atoms with Crippen LogP contribution in [0.15, 0.2) is 30.3 Å². The lowest BCUT2D eigenvalue weighted by molar-refractivity contribution is -0.599. The summed E-state index contributed by atoms with van der Waals surface area (Å²) in [6.45, 7) is 4.20. The Kier molecular flexibility index (Phi) is 4.22. The molecule has 1 saturated heterocycles. The standard InChI is InChI=1S/C14H19N3O4/c1-14(2)12(16(18)19)9-15(10-13(14)17(20)21)8-11-6-4-3-5-7-11/h3-7,12-13H,8-10H2,1-2H3/t12-,13-/m1/s1. The smallest absolute Gasteiger partial charge is 0.237 e. The molecule has 1 aromatic carbocycles. The Morgan fingerprint density at radius 1 is 1.10 bits per heavy atom. The molecule has 0 aliphatic carbocycles. The maximum Gasteiger partial charge on any atom is 0.237 e. The minimum absolute atomic E-state index is 0.235. The van der Waals surface area contributed by atoms with E-state index >= 15 is 0 Å². The van der Waals surface area contributed by atoms with Gasteiger partial charge in [-0.15, -0.1) is 0 Å². The van der Waals surface area contributed by atoms with Gasteiger partial charge in [0.05, 0.1) is 13.1 Å². The SMILES string of the molecule is CC1(C)[C@H]([N+](=O)[O-])CN(Cc2ccccc2)C[C@H]1[N+](=O)[O-]. The largest absolute Gasteiger partial charge is 0.286 e. The zero-order valence-corrected chi connectivity index (χ0v) is 12.1. The van der Waals surface area contributed by atoms with Crippen molar-refractivity contribution >= 4 is 0 Å². The fourth-order valence-corrected chi connectivity index (χ4v) is 2.90. The predicted octanol–water partition coefficient (Wildman–Crippen LogP) is 1.82. The molecule has 2 atom stereocenters. The molecule has 2 rings (SSSR count). The van der Waals surface area contributed by atoms with Crippen molar-refractivity contribution in [2.24, 2.45) is 5.41 Å². The molecule has 0 aromatic heterocycles. The molecular weight excluding hydrogens is 274 g/mol. The fourth-order valence-electron chi connectivity index (χ4n) is 2.90. The van der Waals surface area contributed by atoms with Crippen LogP contribution in [0, 0.1) is 25.6 Å². The summed E-state index contributed by atoms with van der Waals surface area (Å²) in [7, 11) is 0. The van der Waals surface area contributed by atoms with Crippen molar-refractivity contribution < 1.29 is 9.85 Å². The third-order valence-electron chi connectivity index (χ3n) is 4.34. The lowest BCUT2D eigenvalue weighted by Gasteiger charge is -2.40. The van der Waals surface area contributed by atoms with Crippen molar-refractivity contribution in [3.63, 3.8) is 0 Å². The van der Waals surface area contributed by atoms with E-state index in [1.54, 1.807) is 13.8 Å². The molecule has 0 saturated carbocycles. The van der Waals surface area contributed by atoms with Crippen LogP contribution in [0.4, 0.5) is 0 Å². The van der Waals surface area contributed by atoms with Crippen LogP contribution in [0.25, 0.3) is 0 Å². The molecule has 0 N–H and O–H groups in total. The van der Waals surface area contributed by atoms with Gasteiger partial charge in [-0.2, -0.15) is 0 Å². The van der Waals surface area contributed by atoms with Gasteiger partial charge in [0.2, 0.25) is 12.1 Å². The highest BCUT2D eigenvalue weighted by Gasteiger charge is 2.56. The van der Waals surface area contributed by atoms with Gasteiger partial charge in [0, 0.05) is 16.4 Å². The first kappa shape index (κ1) is 15.4. The number of likely N-dealkylation sites (tertiary alicyclic amines) is 1. The summed E-state index contributed by atoms with van der Waals surface area (Å²) < 4.78 is 0. The summed E-state index contributed by atoms with van der Waals surface area (Å²) in [5.74, 6) is 0. The average Bonchev–Trinajstić information content (AvgIpc) is 2.40. The minimum atomic E-state index is -0.958. The minimum Gasteiger partial charge on any atom is -0.286 e. The average molecular weight is 293 g/mol. The number of rotatable bonds is 4. The molecular formula is C14H19N3O4. The quantitative estimate of drug-likeness (QED) is 0.624. The Bertz CT molecular complexity index is 506. The maximum atomic E-state index is 11.3. The van der Waals surface area contributed by atoms with E-state index in [-0.39, 0.29) is 22.9 Å². The third kappa shape index (κ3) is 3.18. The number of piperidine rings is 1. The summed E-state index contributed by atoms with van der Waals surface area (Å²) >= 11 is 0. The van der Waals surface area contributed by atoms with E-state index in [0.29, 0.717) is 6.54 Å². The van der Waals surface area contributed by atoms with Gasteiger partial charge in [0.25, 0.3) is 0 Å². The molecule has 0 spiro atoms. The lowest BCUT2D eigenvalue weighted by Crippen LogP contribution is -2.61. The highest BCUT2D eigenvalue weighted by atomic mass is 16.6. The van der Waals surface area contributed by atoms with E-state index in [2.05, 4.69) is 0 Å². The van der Waals surface area contributed by atoms with Crippen LogP contribution in [0.3, 0.4) is 0 Å². The number of nitro groups is 2. The highest BCUT2D eigenvalue weighted by Crippen LogP contribution is 2.34. The lowest BCUT2D eigenvalue weighted by atomic mass is 9.74. The Hall–Kier alpha value is -2.02. The molecule has 0 unspecified atom stereocenters. The summed E-state index contributed by atoms with van der Waals surface area (Å²) in [4.78, 5) is 23.6. The maximum absolute atomic E-state index is 11.3. The van der Waals surface area contributed by atoms with Crippen molar-refractivity contribution in [3.05, 3.63) is 56.1 Å². The second kappa shape index (κ2) is 5.77. The van der Waals surface area contributed by atoms with Gasteiger partial charge in [-0.25, -0.2) is 0 Å². The predicted molar refractivity (Wildman–Crippen MR) is 77.1 cm³/mol. The molecule has 1 aliphatic rings. The summed E-state index contributed by atoms with van der Waals surface area (Å²) in [5.41, 5.74) is 0.0432. The van der Waals surface area contributed by atoms with Crippen molar-refractivity contribution in [2.45, 2.75) is 32.5 Å². The molecule has 0 radical (unpaired) electrons. The number of hydrogen-bond acceptors (Lipinski definition) is 5. The molecule has 7 heteroatoms. The van der Waals surface area contributed by atoms with Gasteiger partial charge >= 0.3 is 0 Å². The number of hydrogen-bond donors (Lipinski definition) is 0. The summed E-state index contributed by atoms with van der Waals surface area (Å²) in [6.07, 6.45) is 0. The van der Waals surface area contributed by atoms with Gasteiger partial charge in [-0.05, 0) is 19.4 Å². The third-order valence-corrected chi connectivity index (χ3v) is 4.34. The van der Waals surface area contributed by atoms with E-state index in [4.69, 9.17) is 0 Å². The Morgan fingerprint density at radius 2 is 1.57 bits per heavy atom. The van der Waals surface area contributed by atoms with E-state index in [1.807, 2.05) is 35.2 Å². The van der Waals surface area contributed by atoms with E-state index in [1.165, 1.54) is 0 Å². The Labute approximate surface area is 122 Å². The molecule has 1 aromatic rings. The van der Waals surface area contributed by atoms with E-state index in [9.17, 15) is 20.2 Å². The Morgan fingerprint density at radius 3 is 2.00 bits per heavy atom. The van der Waals surface area contributed by atoms with Crippen LogP contribution >= 0.6 is 0 Å². The molecule has 21 heavy (non-hydrogen) atoms. The van der Waals surface area contributed by atoms with Gasteiger partial charge in [0.1, 0.15) is 5.41 Å². The molecule has 1 heterocycles. The molecule has 7 nitrogen and oxygen atoms in total. The van der Waals surface area contributed by atoms with Crippen LogP contribution in [0.2, 0.25) is 0 Å². The zero-order valence-electron chi connectivity index (χ0n) is 12.1. The van der Waals surface area contributed by atoms with E-state index in [0.717, 1.165) is 5.56 Å².